The minimum Gasteiger partial charge on any atom is -0.493 e. The number of aliphatic hydroxyl groups excluding tert-OH is 1. The summed E-state index contributed by atoms with van der Waals surface area (Å²) in [6, 6.07) is 5.82. The molecular weight excluding hydrogens is 252 g/mol. The molecule has 20 heavy (non-hydrogen) atoms. The maximum absolute atomic E-state index is 10.1. The Morgan fingerprint density at radius 3 is 2.35 bits per heavy atom. The van der Waals surface area contributed by atoms with Gasteiger partial charge in [0.2, 0.25) is 0 Å². The highest BCUT2D eigenvalue weighted by Gasteiger charge is 2.09. The zero-order valence-corrected chi connectivity index (χ0v) is 13.0. The van der Waals surface area contributed by atoms with Crippen LogP contribution in [-0.2, 0) is 6.42 Å². The van der Waals surface area contributed by atoms with Crippen molar-refractivity contribution in [2.45, 2.75) is 58.0 Å². The lowest BCUT2D eigenvalue weighted by Gasteiger charge is -2.13. The highest BCUT2D eigenvalue weighted by molar-refractivity contribution is 5.43. The van der Waals surface area contributed by atoms with Crippen molar-refractivity contribution in [2.75, 3.05) is 14.2 Å². The van der Waals surface area contributed by atoms with E-state index in [1.807, 2.05) is 18.2 Å². The summed E-state index contributed by atoms with van der Waals surface area (Å²) in [5, 5.41) is 10.1. The highest BCUT2D eigenvalue weighted by Crippen LogP contribution is 2.28. The van der Waals surface area contributed by atoms with Gasteiger partial charge in [-0.3, -0.25) is 0 Å². The fraction of sp³-hybridized carbons (Fsp3) is 0.647. The van der Waals surface area contributed by atoms with Crippen molar-refractivity contribution in [1.82, 2.24) is 0 Å². The molecule has 0 fully saturated rings. The van der Waals surface area contributed by atoms with Gasteiger partial charge in [-0.15, -0.1) is 0 Å². The number of rotatable bonds is 10. The molecule has 0 aliphatic rings. The van der Waals surface area contributed by atoms with E-state index in [2.05, 4.69) is 6.92 Å². The topological polar surface area (TPSA) is 38.7 Å². The van der Waals surface area contributed by atoms with E-state index >= 15 is 0 Å². The first-order valence-corrected chi connectivity index (χ1v) is 7.60. The zero-order valence-electron chi connectivity index (χ0n) is 13.0. The molecule has 114 valence electrons. The first-order valence-electron chi connectivity index (χ1n) is 7.60. The van der Waals surface area contributed by atoms with Crippen LogP contribution in [-0.4, -0.2) is 25.4 Å². The molecule has 3 heteroatoms. The van der Waals surface area contributed by atoms with Crippen molar-refractivity contribution in [3.05, 3.63) is 23.8 Å². The molecular formula is C17H28O3. The zero-order chi connectivity index (χ0) is 14.8. The molecule has 0 aliphatic heterocycles. The molecule has 0 bridgehead atoms. The Morgan fingerprint density at radius 2 is 1.70 bits per heavy atom. The Labute approximate surface area is 122 Å². The second-order valence-corrected chi connectivity index (χ2v) is 5.25. The summed E-state index contributed by atoms with van der Waals surface area (Å²) in [4.78, 5) is 0. The number of hydrogen-bond donors (Lipinski definition) is 1. The maximum atomic E-state index is 10.1. The van der Waals surface area contributed by atoms with Crippen LogP contribution >= 0.6 is 0 Å². The van der Waals surface area contributed by atoms with Crippen LogP contribution in [0.15, 0.2) is 18.2 Å². The second-order valence-electron chi connectivity index (χ2n) is 5.25. The second kappa shape index (κ2) is 9.65. The van der Waals surface area contributed by atoms with E-state index < -0.39 is 0 Å². The summed E-state index contributed by atoms with van der Waals surface area (Å²) in [6.45, 7) is 2.21. The van der Waals surface area contributed by atoms with Gasteiger partial charge in [0.25, 0.3) is 0 Å². The average molecular weight is 280 g/mol. The van der Waals surface area contributed by atoms with Gasteiger partial charge in [-0.25, -0.2) is 0 Å². The van der Waals surface area contributed by atoms with Crippen LogP contribution in [0, 0.1) is 0 Å². The van der Waals surface area contributed by atoms with Crippen LogP contribution < -0.4 is 9.47 Å². The van der Waals surface area contributed by atoms with Gasteiger partial charge >= 0.3 is 0 Å². The smallest absolute Gasteiger partial charge is 0.160 e. The summed E-state index contributed by atoms with van der Waals surface area (Å²) < 4.78 is 10.5. The monoisotopic (exact) mass is 280 g/mol. The molecule has 3 nitrogen and oxygen atoms in total. The lowest BCUT2D eigenvalue weighted by atomic mass is 10.0. The molecule has 0 amide bonds. The lowest BCUT2D eigenvalue weighted by Crippen LogP contribution is -2.10. The molecule has 0 saturated heterocycles. The molecule has 0 heterocycles. The molecule has 1 N–H and O–H groups in total. The van der Waals surface area contributed by atoms with Gasteiger partial charge in [-0.1, -0.05) is 45.1 Å². The minimum atomic E-state index is -0.269. The quantitative estimate of drug-likeness (QED) is 0.659. The van der Waals surface area contributed by atoms with Gasteiger partial charge in [0.15, 0.2) is 11.5 Å². The summed E-state index contributed by atoms with van der Waals surface area (Å²) >= 11 is 0. The summed E-state index contributed by atoms with van der Waals surface area (Å²) in [7, 11) is 3.26. The summed E-state index contributed by atoms with van der Waals surface area (Å²) in [6.07, 6.45) is 7.44. The Kier molecular flexibility index (Phi) is 8.12. The molecule has 1 atom stereocenters. The van der Waals surface area contributed by atoms with Gasteiger partial charge in [-0.2, -0.15) is 0 Å². The van der Waals surface area contributed by atoms with Crippen LogP contribution in [0.3, 0.4) is 0 Å². The standard InChI is InChI=1S/C17H28O3/c1-4-5-6-7-8-9-15(18)12-14-10-11-16(19-2)17(13-14)20-3/h10-11,13,15,18H,4-9,12H2,1-3H3. The largest absolute Gasteiger partial charge is 0.493 e. The van der Waals surface area contributed by atoms with Crippen LogP contribution in [0.2, 0.25) is 0 Å². The predicted octanol–water partition coefficient (Wildman–Crippen LogP) is 3.97. The van der Waals surface area contributed by atoms with Crippen LogP contribution in [0.25, 0.3) is 0 Å². The van der Waals surface area contributed by atoms with E-state index in [0.717, 1.165) is 29.9 Å². The minimum absolute atomic E-state index is 0.269. The SMILES string of the molecule is CCCCCCCC(O)Cc1ccc(OC)c(OC)c1. The van der Waals surface area contributed by atoms with Gasteiger partial charge in [0, 0.05) is 0 Å². The number of methoxy groups -OCH3 is 2. The predicted molar refractivity (Wildman–Crippen MR) is 82.6 cm³/mol. The molecule has 0 aromatic heterocycles. The van der Waals surface area contributed by atoms with Crippen LogP contribution in [0.5, 0.6) is 11.5 Å². The average Bonchev–Trinajstić information content (AvgIpc) is 2.46. The maximum Gasteiger partial charge on any atom is 0.160 e. The van der Waals surface area contributed by atoms with Crippen molar-refractivity contribution in [3.8, 4) is 11.5 Å². The van der Waals surface area contributed by atoms with Gasteiger partial charge in [0.05, 0.1) is 20.3 Å². The van der Waals surface area contributed by atoms with E-state index in [0.29, 0.717) is 6.42 Å². The van der Waals surface area contributed by atoms with Crippen molar-refractivity contribution in [1.29, 1.82) is 0 Å². The number of aliphatic hydroxyl groups is 1. The van der Waals surface area contributed by atoms with Gasteiger partial charge < -0.3 is 14.6 Å². The molecule has 0 spiro atoms. The third-order valence-electron chi connectivity index (χ3n) is 3.56. The Morgan fingerprint density at radius 1 is 1.00 bits per heavy atom. The molecule has 1 aromatic rings. The van der Waals surface area contributed by atoms with Gasteiger partial charge in [-0.05, 0) is 30.5 Å². The summed E-state index contributed by atoms with van der Waals surface area (Å²) in [5.41, 5.74) is 1.09. The molecule has 0 aliphatic carbocycles. The van der Waals surface area contributed by atoms with Crippen molar-refractivity contribution in [3.63, 3.8) is 0 Å². The first kappa shape index (κ1) is 16.8. The van der Waals surface area contributed by atoms with Crippen molar-refractivity contribution >= 4 is 0 Å². The molecule has 1 aromatic carbocycles. The third kappa shape index (κ3) is 5.83. The number of benzene rings is 1. The van der Waals surface area contributed by atoms with E-state index in [4.69, 9.17) is 9.47 Å². The first-order chi connectivity index (χ1) is 9.71. The van der Waals surface area contributed by atoms with Crippen molar-refractivity contribution in [2.24, 2.45) is 0 Å². The van der Waals surface area contributed by atoms with E-state index in [1.165, 1.54) is 25.7 Å². The molecule has 1 unspecified atom stereocenters. The van der Waals surface area contributed by atoms with Crippen LogP contribution in [0.1, 0.15) is 51.0 Å². The Bertz CT molecular complexity index is 376. The normalized spacial score (nSPS) is 12.2. The fourth-order valence-corrected chi connectivity index (χ4v) is 2.37. The van der Waals surface area contributed by atoms with Gasteiger partial charge in [0.1, 0.15) is 0 Å². The van der Waals surface area contributed by atoms with E-state index in [9.17, 15) is 5.11 Å². The van der Waals surface area contributed by atoms with Crippen LogP contribution in [0.4, 0.5) is 0 Å². The summed E-state index contributed by atoms with van der Waals surface area (Å²) in [5.74, 6) is 1.45. The highest BCUT2D eigenvalue weighted by atomic mass is 16.5. The van der Waals surface area contributed by atoms with E-state index in [-0.39, 0.29) is 6.10 Å². The van der Waals surface area contributed by atoms with E-state index in [1.54, 1.807) is 14.2 Å². The molecule has 1 rings (SSSR count). The number of hydrogen-bond acceptors (Lipinski definition) is 3. The fourth-order valence-electron chi connectivity index (χ4n) is 2.37. The Hall–Kier alpha value is -1.22. The third-order valence-corrected chi connectivity index (χ3v) is 3.56. The number of ether oxygens (including phenoxy) is 2. The number of unbranched alkanes of at least 4 members (excludes halogenated alkanes) is 4. The van der Waals surface area contributed by atoms with Crippen molar-refractivity contribution < 1.29 is 14.6 Å². The molecule has 0 saturated carbocycles. The Balaban J connectivity index is 2.39. The lowest BCUT2D eigenvalue weighted by molar-refractivity contribution is 0.161. The molecule has 0 radical (unpaired) electrons.